The number of nitrogens with zero attached hydrogens (tertiary/aromatic N) is 4. The van der Waals surface area contributed by atoms with Gasteiger partial charge in [-0.15, -0.1) is 0 Å². The number of pyridine rings is 2. The van der Waals surface area contributed by atoms with E-state index in [1.807, 2.05) is 13.1 Å². The van der Waals surface area contributed by atoms with E-state index in [0.717, 1.165) is 37.4 Å². The summed E-state index contributed by atoms with van der Waals surface area (Å²) >= 11 is 0. The maximum atomic E-state index is 10.1. The summed E-state index contributed by atoms with van der Waals surface area (Å²) in [6.07, 6.45) is 2.54. The van der Waals surface area contributed by atoms with E-state index in [1.165, 1.54) is 0 Å². The molecule has 0 amide bonds. The molecule has 0 aromatic carbocycles. The maximum Gasteiger partial charge on any atom is 0.138 e. The van der Waals surface area contributed by atoms with Crippen LogP contribution in [0.5, 0.6) is 11.5 Å². The molecule has 2 rings (SSSR count). The molecule has 0 bridgehead atoms. The van der Waals surface area contributed by atoms with E-state index in [2.05, 4.69) is 35.6 Å². The van der Waals surface area contributed by atoms with E-state index in [4.69, 9.17) is 4.98 Å². The van der Waals surface area contributed by atoms with Crippen LogP contribution in [0.3, 0.4) is 0 Å². The fourth-order valence-electron chi connectivity index (χ4n) is 3.25. The van der Waals surface area contributed by atoms with Crippen molar-refractivity contribution in [2.75, 3.05) is 26.7 Å². The Labute approximate surface area is 162 Å². The van der Waals surface area contributed by atoms with Gasteiger partial charge in [0.05, 0.1) is 11.4 Å². The highest BCUT2D eigenvalue weighted by atomic mass is 16.3. The first-order chi connectivity index (χ1) is 12.9. The molecule has 6 nitrogen and oxygen atoms in total. The van der Waals surface area contributed by atoms with Gasteiger partial charge in [-0.2, -0.15) is 0 Å². The lowest BCUT2D eigenvalue weighted by molar-refractivity contribution is 0.269. The third kappa shape index (κ3) is 6.48. The van der Waals surface area contributed by atoms with Crippen LogP contribution in [-0.2, 0) is 19.5 Å². The molecule has 6 heteroatoms. The molecule has 0 aliphatic carbocycles. The Balaban J connectivity index is 1.94. The summed E-state index contributed by atoms with van der Waals surface area (Å²) in [7, 11) is 2.03. The Kier molecular flexibility index (Phi) is 8.00. The van der Waals surface area contributed by atoms with Gasteiger partial charge in [-0.3, -0.25) is 14.9 Å². The smallest absolute Gasteiger partial charge is 0.138 e. The average Bonchev–Trinajstić information content (AvgIpc) is 2.63. The lowest BCUT2D eigenvalue weighted by Gasteiger charge is -2.22. The molecule has 0 fully saturated rings. The van der Waals surface area contributed by atoms with Gasteiger partial charge in [-0.25, -0.2) is 0 Å². The van der Waals surface area contributed by atoms with Crippen LogP contribution in [0.2, 0.25) is 0 Å². The van der Waals surface area contributed by atoms with E-state index < -0.39 is 0 Å². The monoisotopic (exact) mass is 372 g/mol. The van der Waals surface area contributed by atoms with E-state index >= 15 is 0 Å². The summed E-state index contributed by atoms with van der Waals surface area (Å²) in [6, 6.07) is 7.05. The van der Waals surface area contributed by atoms with Crippen LogP contribution in [0.15, 0.2) is 30.5 Å². The van der Waals surface area contributed by atoms with Crippen LogP contribution in [0.4, 0.5) is 0 Å². The van der Waals surface area contributed by atoms with Gasteiger partial charge in [-0.1, -0.05) is 20.8 Å². The maximum absolute atomic E-state index is 10.1. The van der Waals surface area contributed by atoms with E-state index in [1.54, 1.807) is 24.4 Å². The number of hydrogen-bond donors (Lipinski definition) is 2. The molecule has 0 saturated carbocycles. The molecule has 27 heavy (non-hydrogen) atoms. The molecule has 2 N–H and O–H groups in total. The normalized spacial score (nSPS) is 12.7. The SMILES string of the molecule is CCN(CC)Cc1nc(CC(C)CN(C)Cc2ncccc2O)ccc1O. The second-order valence-electron chi connectivity index (χ2n) is 7.21. The van der Waals surface area contributed by atoms with Crippen molar-refractivity contribution in [1.82, 2.24) is 19.8 Å². The first-order valence-electron chi connectivity index (χ1n) is 9.64. The number of rotatable bonds is 10. The standard InChI is InChI=1S/C21H32N4O2/c1-5-25(6-2)15-19-21(27)10-9-17(23-19)12-16(3)13-24(4)14-18-20(26)8-7-11-22-18/h7-11,16,26-27H,5-6,12-15H2,1-4H3. The summed E-state index contributed by atoms with van der Waals surface area (Å²) in [6.45, 7) is 10.4. The van der Waals surface area contributed by atoms with Crippen molar-refractivity contribution in [2.45, 2.75) is 40.3 Å². The topological polar surface area (TPSA) is 72.7 Å². The summed E-state index contributed by atoms with van der Waals surface area (Å²) < 4.78 is 0. The molecular formula is C21H32N4O2. The van der Waals surface area contributed by atoms with Crippen LogP contribution in [0, 0.1) is 5.92 Å². The number of aromatic hydroxyl groups is 2. The minimum atomic E-state index is 0.234. The van der Waals surface area contributed by atoms with Crippen LogP contribution >= 0.6 is 0 Å². The predicted molar refractivity (Wildman–Crippen MR) is 108 cm³/mol. The molecule has 0 aliphatic heterocycles. The third-order valence-corrected chi connectivity index (χ3v) is 4.74. The van der Waals surface area contributed by atoms with Gasteiger partial charge in [0.2, 0.25) is 0 Å². The fraction of sp³-hybridized carbons (Fsp3) is 0.524. The first kappa shape index (κ1) is 21.1. The molecule has 2 aromatic heterocycles. The Hall–Kier alpha value is -2.18. The van der Waals surface area contributed by atoms with E-state index in [0.29, 0.717) is 24.7 Å². The van der Waals surface area contributed by atoms with Gasteiger partial charge in [-0.05, 0) is 56.7 Å². The molecule has 148 valence electrons. The molecule has 1 atom stereocenters. The van der Waals surface area contributed by atoms with Gasteiger partial charge in [0.25, 0.3) is 0 Å². The minimum Gasteiger partial charge on any atom is -0.506 e. The Bertz CT molecular complexity index is 719. The summed E-state index contributed by atoms with van der Waals surface area (Å²) in [4.78, 5) is 13.3. The van der Waals surface area contributed by atoms with Crippen LogP contribution in [-0.4, -0.2) is 56.7 Å². The van der Waals surface area contributed by atoms with Gasteiger partial charge in [0.15, 0.2) is 0 Å². The molecule has 2 heterocycles. The first-order valence-corrected chi connectivity index (χ1v) is 9.64. The summed E-state index contributed by atoms with van der Waals surface area (Å²) in [5.41, 5.74) is 2.43. The van der Waals surface area contributed by atoms with E-state index in [-0.39, 0.29) is 11.5 Å². The van der Waals surface area contributed by atoms with Crippen molar-refractivity contribution >= 4 is 0 Å². The lowest BCUT2D eigenvalue weighted by Crippen LogP contribution is -2.26. The minimum absolute atomic E-state index is 0.234. The molecule has 0 aliphatic rings. The predicted octanol–water partition coefficient (Wildman–Crippen LogP) is 3.04. The molecule has 0 saturated heterocycles. The summed E-state index contributed by atoms with van der Waals surface area (Å²) in [5.74, 6) is 0.887. The zero-order chi connectivity index (χ0) is 19.8. The van der Waals surface area contributed by atoms with Crippen molar-refractivity contribution in [3.63, 3.8) is 0 Å². The quantitative estimate of drug-likeness (QED) is 0.668. The Morgan fingerprint density at radius 2 is 1.70 bits per heavy atom. The van der Waals surface area contributed by atoms with Gasteiger partial charge in [0, 0.05) is 31.5 Å². The summed E-state index contributed by atoms with van der Waals surface area (Å²) in [5, 5.41) is 20.0. The lowest BCUT2D eigenvalue weighted by atomic mass is 10.0. The zero-order valence-electron chi connectivity index (χ0n) is 16.9. The van der Waals surface area contributed by atoms with Crippen LogP contribution in [0.25, 0.3) is 0 Å². The van der Waals surface area contributed by atoms with Crippen molar-refractivity contribution in [2.24, 2.45) is 5.92 Å². The van der Waals surface area contributed by atoms with Gasteiger partial charge >= 0.3 is 0 Å². The Morgan fingerprint density at radius 3 is 2.37 bits per heavy atom. The second-order valence-corrected chi connectivity index (χ2v) is 7.21. The molecule has 0 spiro atoms. The highest BCUT2D eigenvalue weighted by molar-refractivity contribution is 5.28. The fourth-order valence-corrected chi connectivity index (χ4v) is 3.25. The van der Waals surface area contributed by atoms with Crippen LogP contribution < -0.4 is 0 Å². The molecular weight excluding hydrogens is 340 g/mol. The third-order valence-electron chi connectivity index (χ3n) is 4.74. The van der Waals surface area contributed by atoms with Crippen molar-refractivity contribution < 1.29 is 10.2 Å². The largest absolute Gasteiger partial charge is 0.506 e. The zero-order valence-corrected chi connectivity index (χ0v) is 16.9. The highest BCUT2D eigenvalue weighted by Gasteiger charge is 2.13. The van der Waals surface area contributed by atoms with Crippen molar-refractivity contribution in [1.29, 1.82) is 0 Å². The average molecular weight is 373 g/mol. The number of aromatic nitrogens is 2. The van der Waals surface area contributed by atoms with Gasteiger partial charge < -0.3 is 15.1 Å². The van der Waals surface area contributed by atoms with E-state index in [9.17, 15) is 10.2 Å². The second kappa shape index (κ2) is 10.2. The van der Waals surface area contributed by atoms with Crippen LogP contribution in [0.1, 0.15) is 37.9 Å². The molecule has 2 aromatic rings. The Morgan fingerprint density at radius 1 is 1.00 bits per heavy atom. The molecule has 1 unspecified atom stereocenters. The highest BCUT2D eigenvalue weighted by Crippen LogP contribution is 2.20. The number of hydrogen-bond acceptors (Lipinski definition) is 6. The molecule has 0 radical (unpaired) electrons. The van der Waals surface area contributed by atoms with Gasteiger partial charge in [0.1, 0.15) is 11.5 Å². The van der Waals surface area contributed by atoms with Crippen molar-refractivity contribution in [3.05, 3.63) is 47.5 Å². The van der Waals surface area contributed by atoms with Crippen molar-refractivity contribution in [3.8, 4) is 11.5 Å².